The van der Waals surface area contributed by atoms with Crippen molar-refractivity contribution in [3.63, 3.8) is 0 Å². The number of anilines is 1. The minimum atomic E-state index is 0.0328. The molecule has 0 aromatic heterocycles. The van der Waals surface area contributed by atoms with Crippen LogP contribution in [0.4, 0.5) is 10.5 Å². The molecule has 2 saturated heterocycles. The largest absolute Gasteiger partial charge is 0.325 e. The van der Waals surface area contributed by atoms with E-state index in [1.807, 2.05) is 30.0 Å². The van der Waals surface area contributed by atoms with E-state index in [9.17, 15) is 4.79 Å². The first-order chi connectivity index (χ1) is 12.4. The number of amides is 2. The van der Waals surface area contributed by atoms with Crippen LogP contribution in [0.25, 0.3) is 0 Å². The molecule has 0 aliphatic carbocycles. The quantitative estimate of drug-likeness (QED) is 0.746. The zero-order chi connectivity index (χ0) is 18.7. The van der Waals surface area contributed by atoms with E-state index in [-0.39, 0.29) is 6.03 Å². The van der Waals surface area contributed by atoms with Crippen molar-refractivity contribution >= 4 is 27.6 Å². The normalized spacial score (nSPS) is 25.3. The lowest BCUT2D eigenvalue weighted by molar-refractivity contribution is 0.101. The summed E-state index contributed by atoms with van der Waals surface area (Å²) in [7, 11) is 0. The Morgan fingerprint density at radius 2 is 1.85 bits per heavy atom. The Balaban J connectivity index is 1.45. The summed E-state index contributed by atoms with van der Waals surface area (Å²) in [5, 5.41) is 3.04. The predicted molar refractivity (Wildman–Crippen MR) is 112 cm³/mol. The van der Waals surface area contributed by atoms with Crippen LogP contribution in [0, 0.1) is 24.7 Å². The number of carbonyl (C=O) groups excluding carboxylic acids is 1. The van der Waals surface area contributed by atoms with Crippen molar-refractivity contribution in [2.24, 2.45) is 17.8 Å². The molecular weight excluding hydrogens is 390 g/mol. The smallest absolute Gasteiger partial charge is 0.321 e. The van der Waals surface area contributed by atoms with Crippen molar-refractivity contribution in [2.75, 3.05) is 38.0 Å². The molecule has 1 aromatic carbocycles. The fourth-order valence-electron chi connectivity index (χ4n) is 4.55. The lowest BCUT2D eigenvalue weighted by atomic mass is 9.89. The predicted octanol–water partition coefficient (Wildman–Crippen LogP) is 4.98. The minimum absolute atomic E-state index is 0.0328. The van der Waals surface area contributed by atoms with Crippen molar-refractivity contribution in [1.29, 1.82) is 0 Å². The molecule has 2 fully saturated rings. The summed E-state index contributed by atoms with van der Waals surface area (Å²) in [6, 6.07) is 5.97. The van der Waals surface area contributed by atoms with Crippen LogP contribution in [0.2, 0.25) is 0 Å². The Kier molecular flexibility index (Phi) is 6.62. The monoisotopic (exact) mass is 421 g/mol. The van der Waals surface area contributed by atoms with Gasteiger partial charge < -0.3 is 15.1 Å². The van der Waals surface area contributed by atoms with Crippen molar-refractivity contribution in [1.82, 2.24) is 9.80 Å². The van der Waals surface area contributed by atoms with Gasteiger partial charge in [0.05, 0.1) is 0 Å². The fraction of sp³-hybridized carbons (Fsp3) is 0.667. The number of likely N-dealkylation sites (tertiary alicyclic amines) is 2. The molecule has 0 radical (unpaired) electrons. The number of carbonyl (C=O) groups is 1. The third-order valence-corrected chi connectivity index (χ3v) is 6.66. The first-order valence-corrected chi connectivity index (χ1v) is 10.7. The third-order valence-electron chi connectivity index (χ3n) is 5.77. The van der Waals surface area contributed by atoms with E-state index in [1.165, 1.54) is 26.1 Å². The molecule has 4 nitrogen and oxygen atoms in total. The number of urea groups is 1. The molecule has 2 atom stereocenters. The summed E-state index contributed by atoms with van der Waals surface area (Å²) in [5.74, 6) is 2.37. The van der Waals surface area contributed by atoms with Gasteiger partial charge in [-0.15, -0.1) is 0 Å². The SMILES string of the molecule is Cc1cc(NC(=O)N2CCC(CN3C[C@H](C)C[C@H](C)C3)CC2)ccc1Br. The summed E-state index contributed by atoms with van der Waals surface area (Å²) in [6.07, 6.45) is 3.60. The zero-order valence-corrected chi connectivity index (χ0v) is 17.9. The molecule has 2 heterocycles. The van der Waals surface area contributed by atoms with Crippen LogP contribution >= 0.6 is 15.9 Å². The van der Waals surface area contributed by atoms with Crippen molar-refractivity contribution in [2.45, 2.75) is 40.0 Å². The lowest BCUT2D eigenvalue weighted by Crippen LogP contribution is -2.46. The van der Waals surface area contributed by atoms with Gasteiger partial charge in [-0.2, -0.15) is 0 Å². The second-order valence-corrected chi connectivity index (χ2v) is 9.34. The van der Waals surface area contributed by atoms with E-state index < -0.39 is 0 Å². The van der Waals surface area contributed by atoms with Gasteiger partial charge in [-0.1, -0.05) is 29.8 Å². The maximum Gasteiger partial charge on any atom is 0.321 e. The van der Waals surface area contributed by atoms with Crippen molar-refractivity contribution in [3.8, 4) is 0 Å². The molecule has 26 heavy (non-hydrogen) atoms. The van der Waals surface area contributed by atoms with E-state index in [4.69, 9.17) is 0 Å². The van der Waals surface area contributed by atoms with Crippen LogP contribution in [-0.2, 0) is 0 Å². The van der Waals surface area contributed by atoms with Gasteiger partial charge in [0.15, 0.2) is 0 Å². The molecule has 144 valence electrons. The average molecular weight is 422 g/mol. The first kappa shape index (κ1) is 19.7. The zero-order valence-electron chi connectivity index (χ0n) is 16.3. The van der Waals surface area contributed by atoms with Crippen LogP contribution in [-0.4, -0.2) is 48.6 Å². The molecule has 2 aliphatic rings. The summed E-state index contributed by atoms with van der Waals surface area (Å²) < 4.78 is 1.07. The van der Waals surface area contributed by atoms with E-state index in [0.717, 1.165) is 59.4 Å². The molecule has 2 aliphatic heterocycles. The van der Waals surface area contributed by atoms with Gasteiger partial charge in [-0.3, -0.25) is 0 Å². The van der Waals surface area contributed by atoms with Gasteiger partial charge in [-0.05, 0) is 67.7 Å². The van der Waals surface area contributed by atoms with Crippen LogP contribution in [0.3, 0.4) is 0 Å². The lowest BCUT2D eigenvalue weighted by Gasteiger charge is -2.39. The Hall–Kier alpha value is -1.07. The number of aryl methyl sites for hydroxylation is 1. The number of benzene rings is 1. The Morgan fingerprint density at radius 1 is 1.19 bits per heavy atom. The van der Waals surface area contributed by atoms with Crippen molar-refractivity contribution < 1.29 is 4.79 Å². The van der Waals surface area contributed by atoms with Gasteiger partial charge in [0.2, 0.25) is 0 Å². The molecule has 1 N–H and O–H groups in total. The summed E-state index contributed by atoms with van der Waals surface area (Å²) >= 11 is 3.50. The average Bonchev–Trinajstić information content (AvgIpc) is 2.58. The second kappa shape index (κ2) is 8.75. The molecule has 1 aromatic rings. The molecule has 3 rings (SSSR count). The van der Waals surface area contributed by atoms with E-state index in [2.05, 4.69) is 40.0 Å². The standard InChI is InChI=1S/C21H32BrN3O/c1-15-10-16(2)13-24(12-15)14-18-6-8-25(9-7-18)21(26)23-19-4-5-20(22)17(3)11-19/h4-5,11,15-16,18H,6-10,12-14H2,1-3H3,(H,23,26)/t15-,16+. The van der Waals surface area contributed by atoms with Crippen LogP contribution < -0.4 is 5.32 Å². The molecule has 0 bridgehead atoms. The van der Waals surface area contributed by atoms with E-state index in [0.29, 0.717) is 0 Å². The number of rotatable bonds is 3. The summed E-state index contributed by atoms with van der Waals surface area (Å²) in [6.45, 7) is 12.2. The van der Waals surface area contributed by atoms with Gasteiger partial charge in [0.1, 0.15) is 0 Å². The molecular formula is C21H32BrN3O. The number of hydrogen-bond donors (Lipinski definition) is 1. The topological polar surface area (TPSA) is 35.6 Å². The maximum atomic E-state index is 12.5. The molecule has 2 amide bonds. The van der Waals surface area contributed by atoms with Crippen LogP contribution in [0.1, 0.15) is 38.7 Å². The highest BCUT2D eigenvalue weighted by Gasteiger charge is 2.27. The van der Waals surface area contributed by atoms with Gasteiger partial charge in [0, 0.05) is 42.9 Å². The number of nitrogens with zero attached hydrogens (tertiary/aromatic N) is 2. The highest BCUT2D eigenvalue weighted by Crippen LogP contribution is 2.25. The summed E-state index contributed by atoms with van der Waals surface area (Å²) in [4.78, 5) is 17.2. The van der Waals surface area contributed by atoms with Gasteiger partial charge >= 0.3 is 6.03 Å². The second-order valence-electron chi connectivity index (χ2n) is 8.49. The van der Waals surface area contributed by atoms with Gasteiger partial charge in [0.25, 0.3) is 0 Å². The highest BCUT2D eigenvalue weighted by atomic mass is 79.9. The first-order valence-electron chi connectivity index (χ1n) is 9.95. The number of halogens is 1. The molecule has 0 saturated carbocycles. The molecule has 0 unspecified atom stereocenters. The Labute approximate surface area is 166 Å². The maximum absolute atomic E-state index is 12.5. The van der Waals surface area contributed by atoms with Gasteiger partial charge in [-0.25, -0.2) is 4.79 Å². The Bertz CT molecular complexity index is 618. The van der Waals surface area contributed by atoms with E-state index in [1.54, 1.807) is 0 Å². The van der Waals surface area contributed by atoms with E-state index >= 15 is 0 Å². The van der Waals surface area contributed by atoms with Crippen molar-refractivity contribution in [3.05, 3.63) is 28.2 Å². The minimum Gasteiger partial charge on any atom is -0.325 e. The summed E-state index contributed by atoms with van der Waals surface area (Å²) in [5.41, 5.74) is 2.00. The number of hydrogen-bond acceptors (Lipinski definition) is 2. The van der Waals surface area contributed by atoms with Crippen LogP contribution in [0.15, 0.2) is 22.7 Å². The molecule has 5 heteroatoms. The molecule has 0 spiro atoms. The number of piperidine rings is 2. The highest BCUT2D eigenvalue weighted by molar-refractivity contribution is 9.10. The van der Waals surface area contributed by atoms with Crippen LogP contribution in [0.5, 0.6) is 0 Å². The Morgan fingerprint density at radius 3 is 2.46 bits per heavy atom. The fourth-order valence-corrected chi connectivity index (χ4v) is 4.80. The third kappa shape index (κ3) is 5.23. The number of nitrogens with one attached hydrogen (secondary N) is 1.